The molecule has 4 aliphatic rings. The third kappa shape index (κ3) is 4.48. The molecule has 2 aliphatic heterocycles. The van der Waals surface area contributed by atoms with E-state index >= 15 is 8.78 Å². The lowest BCUT2D eigenvalue weighted by Crippen LogP contribution is -2.60. The lowest BCUT2D eigenvalue weighted by molar-refractivity contribution is -0.125. The van der Waals surface area contributed by atoms with E-state index in [1.165, 1.54) is 56.5 Å². The van der Waals surface area contributed by atoms with Crippen molar-refractivity contribution in [1.82, 2.24) is 0 Å². The van der Waals surface area contributed by atoms with Crippen LogP contribution in [0.5, 0.6) is 11.5 Å². The first-order valence-electron chi connectivity index (χ1n) is 15.3. The lowest BCUT2D eigenvalue weighted by atomic mass is 9.56. The van der Waals surface area contributed by atoms with E-state index in [9.17, 15) is 42.3 Å². The Balaban J connectivity index is 1.42. The minimum atomic E-state index is -2.75. The molecule has 3 aromatic carbocycles. The predicted molar refractivity (Wildman–Crippen MR) is 170 cm³/mol. The monoisotopic (exact) mass is 748 g/mol. The van der Waals surface area contributed by atoms with Gasteiger partial charge in [0, 0.05) is 23.1 Å². The molecule has 0 radical (unpaired) electrons. The summed E-state index contributed by atoms with van der Waals surface area (Å²) in [5.41, 5.74) is -1.20. The third-order valence-corrected chi connectivity index (χ3v) is 11.7. The summed E-state index contributed by atoms with van der Waals surface area (Å²) in [7, 11) is 1.20. The highest BCUT2D eigenvalue weighted by atomic mass is 35.5. The summed E-state index contributed by atoms with van der Waals surface area (Å²) < 4.78 is 78.8. The van der Waals surface area contributed by atoms with E-state index in [0.29, 0.717) is 5.56 Å². The average molecular weight is 749 g/mol. The van der Waals surface area contributed by atoms with E-state index in [0.717, 1.165) is 11.0 Å². The summed E-state index contributed by atoms with van der Waals surface area (Å²) in [5.74, 6) is -22.6. The number of carbonyl (C=O) groups is 5. The number of benzene rings is 3. The number of halogens is 7. The van der Waals surface area contributed by atoms with Gasteiger partial charge in [-0.3, -0.25) is 28.9 Å². The summed E-state index contributed by atoms with van der Waals surface area (Å²) >= 11 is 14.3. The summed E-state index contributed by atoms with van der Waals surface area (Å²) in [4.78, 5) is 63.8. The van der Waals surface area contributed by atoms with Crippen LogP contribution in [-0.4, -0.2) is 51.4 Å². The Morgan fingerprint density at radius 3 is 2.04 bits per heavy atom. The van der Waals surface area contributed by atoms with Gasteiger partial charge in [-0.1, -0.05) is 17.7 Å². The zero-order valence-corrected chi connectivity index (χ0v) is 27.8. The van der Waals surface area contributed by atoms with Crippen LogP contribution in [0.2, 0.25) is 0 Å². The highest BCUT2D eigenvalue weighted by molar-refractivity contribution is 6.58. The number of alkyl halides is 2. The molecule has 3 aromatic rings. The second-order valence-electron chi connectivity index (χ2n) is 12.7. The maximum absolute atomic E-state index is 15.2. The smallest absolute Gasteiger partial charge is 0.258 e. The molecule has 0 spiro atoms. The van der Waals surface area contributed by atoms with E-state index in [4.69, 9.17) is 27.9 Å². The molecule has 1 saturated carbocycles. The van der Waals surface area contributed by atoms with E-state index in [-0.39, 0.29) is 45.4 Å². The van der Waals surface area contributed by atoms with Gasteiger partial charge in [0.05, 0.1) is 24.6 Å². The average Bonchev–Trinajstić information content (AvgIpc) is 3.44. The Hall–Kier alpha value is -4.82. The number of hydrogen-bond acceptors (Lipinski definition) is 7. The maximum Gasteiger partial charge on any atom is 0.258 e. The number of carbonyl (C=O) groups excluding carboxylic acids is 5. The highest BCUT2D eigenvalue weighted by Crippen LogP contribution is 2.67. The molecule has 51 heavy (non-hydrogen) atoms. The first kappa shape index (κ1) is 34.6. The molecule has 2 heterocycles. The van der Waals surface area contributed by atoms with Crippen molar-refractivity contribution in [2.24, 2.45) is 17.8 Å². The van der Waals surface area contributed by atoms with Gasteiger partial charge in [0.2, 0.25) is 17.6 Å². The Morgan fingerprint density at radius 1 is 0.843 bits per heavy atom. The Labute approximate surface area is 295 Å². The first-order valence-corrected chi connectivity index (χ1v) is 16.1. The van der Waals surface area contributed by atoms with E-state index < -0.39 is 98.2 Å². The molecular weight excluding hydrogens is 726 g/mol. The number of ketones is 1. The van der Waals surface area contributed by atoms with Crippen molar-refractivity contribution < 1.29 is 55.8 Å². The lowest BCUT2D eigenvalue weighted by Gasteiger charge is -2.50. The van der Waals surface area contributed by atoms with Crippen LogP contribution in [0, 0.1) is 46.8 Å². The van der Waals surface area contributed by atoms with Crippen molar-refractivity contribution in [3.8, 4) is 11.5 Å². The van der Waals surface area contributed by atoms with Gasteiger partial charge < -0.3 is 9.84 Å². The zero-order chi connectivity index (χ0) is 37.1. The molecule has 2 aliphatic carbocycles. The number of amides is 4. The number of ether oxygens (including phenoxy) is 1. The summed E-state index contributed by atoms with van der Waals surface area (Å²) in [6.07, 6.45) is 0.774. The normalized spacial score (nSPS) is 28.5. The summed E-state index contributed by atoms with van der Waals surface area (Å²) in [6.45, 7) is 1.34. The number of aromatic hydroxyl groups is 1. The Morgan fingerprint density at radius 2 is 1.45 bits per heavy atom. The van der Waals surface area contributed by atoms with Crippen LogP contribution in [0.4, 0.5) is 33.3 Å². The number of imide groups is 2. The Bertz CT molecular complexity index is 2140. The molecule has 6 atom stereocenters. The molecular formula is C35H23Cl2F5N2O7. The van der Waals surface area contributed by atoms with E-state index in [2.05, 4.69) is 0 Å². The largest absolute Gasteiger partial charge is 0.508 e. The van der Waals surface area contributed by atoms with Gasteiger partial charge >= 0.3 is 0 Å². The minimum Gasteiger partial charge on any atom is -0.508 e. The van der Waals surface area contributed by atoms with Crippen LogP contribution in [0.15, 0.2) is 54.1 Å². The molecule has 4 amide bonds. The quantitative estimate of drug-likeness (QED) is 0.0640. The van der Waals surface area contributed by atoms with Crippen LogP contribution < -0.4 is 14.5 Å². The van der Waals surface area contributed by atoms with Crippen molar-refractivity contribution in [1.29, 1.82) is 0 Å². The summed E-state index contributed by atoms with van der Waals surface area (Å²) in [6, 6.07) is 9.30. The number of allylic oxidation sites excluding steroid dienone is 2. The highest BCUT2D eigenvalue weighted by Gasteiger charge is 2.77. The fourth-order valence-corrected chi connectivity index (χ4v) is 8.88. The summed E-state index contributed by atoms with van der Waals surface area (Å²) in [5, 5.41) is 10.2. The van der Waals surface area contributed by atoms with Crippen molar-refractivity contribution in [3.63, 3.8) is 0 Å². The van der Waals surface area contributed by atoms with Gasteiger partial charge in [-0.05, 0) is 56.0 Å². The molecule has 2 saturated heterocycles. The molecule has 0 bridgehead atoms. The number of phenols is 1. The van der Waals surface area contributed by atoms with Crippen LogP contribution in [0.3, 0.4) is 0 Å². The number of fused-ring (bicyclic) bond motifs is 4. The van der Waals surface area contributed by atoms with E-state index in [1.807, 2.05) is 0 Å². The van der Waals surface area contributed by atoms with Crippen LogP contribution in [0.1, 0.15) is 41.6 Å². The second-order valence-corrected chi connectivity index (χ2v) is 14.0. The van der Waals surface area contributed by atoms with Crippen LogP contribution in [0.25, 0.3) is 0 Å². The fourth-order valence-electron chi connectivity index (χ4n) is 7.95. The van der Waals surface area contributed by atoms with Gasteiger partial charge in [0.15, 0.2) is 38.8 Å². The van der Waals surface area contributed by atoms with Gasteiger partial charge in [-0.2, -0.15) is 0 Å². The topological polar surface area (TPSA) is 121 Å². The molecule has 7 rings (SSSR count). The molecule has 264 valence electrons. The number of Topliss-reactive ketones (excluding diaryl/α,β-unsaturated/α-hetero) is 1. The van der Waals surface area contributed by atoms with Crippen LogP contribution in [-0.2, 0) is 19.2 Å². The number of rotatable bonds is 5. The molecule has 3 fully saturated rings. The Kier molecular flexibility index (Phi) is 7.88. The third-order valence-electron chi connectivity index (χ3n) is 10.3. The number of phenolic OH excluding ortho intramolecular Hbond substituents is 1. The maximum atomic E-state index is 15.2. The minimum absolute atomic E-state index is 0.0126. The molecule has 0 aromatic heterocycles. The van der Waals surface area contributed by atoms with Gasteiger partial charge in [-0.25, -0.2) is 26.9 Å². The van der Waals surface area contributed by atoms with Crippen LogP contribution >= 0.6 is 23.2 Å². The van der Waals surface area contributed by atoms with Gasteiger partial charge in [-0.15, -0.1) is 23.2 Å². The first-order chi connectivity index (χ1) is 24.0. The van der Waals surface area contributed by atoms with Crippen molar-refractivity contribution >= 4 is 64.0 Å². The number of methoxy groups -OCH3 is 1. The number of anilines is 2. The van der Waals surface area contributed by atoms with E-state index in [1.54, 1.807) is 0 Å². The van der Waals surface area contributed by atoms with Crippen molar-refractivity contribution in [2.75, 3.05) is 16.9 Å². The molecule has 9 nitrogen and oxygen atoms in total. The molecule has 0 unspecified atom stereocenters. The number of nitrogens with zero attached hydrogens (tertiary/aromatic N) is 2. The SMILES string of the molecule is COc1cc(O)ccc1[C@H]1C2=CC[C@@H]3C(=O)N(c4ccc(C(C)=O)cc4)C(=O)[C@@H]3[C@@H]2C[C@@]2(Cl)C(=O)N(c3c(F)c(F)c(F)c(F)c3F)C(=O)[C@@]12Cl. The van der Waals surface area contributed by atoms with Crippen molar-refractivity contribution in [3.05, 3.63) is 94.3 Å². The fraction of sp³-hybridized carbons (Fsp3) is 0.286. The predicted octanol–water partition coefficient (Wildman–Crippen LogP) is 6.07. The standard InChI is InChI=1S/C35H23Cl2F5N2O7/c1-13(45)14-3-5-15(6-4-14)43-30(47)19-10-9-17-20(22(19)31(43)48)12-34(36)32(49)44(29-27(41)25(39)24(38)26(40)28(29)42)33(50)35(34,37)23(17)18-8-7-16(46)11-21(18)51-2/h3-9,11,19-20,22-23,46H,10,12H2,1-2H3/t19-,20+,22-,23+,34+,35-/m0/s1. The zero-order valence-electron chi connectivity index (χ0n) is 26.3. The van der Waals surface area contributed by atoms with Crippen molar-refractivity contribution in [2.45, 2.75) is 35.4 Å². The van der Waals surface area contributed by atoms with Gasteiger partial charge in [0.1, 0.15) is 17.2 Å². The molecule has 16 heteroatoms. The van der Waals surface area contributed by atoms with Gasteiger partial charge in [0.25, 0.3) is 11.8 Å². The molecule has 1 N–H and O–H groups in total. The second kappa shape index (κ2) is 11.6. The number of hydrogen-bond donors (Lipinski definition) is 1.